The summed E-state index contributed by atoms with van der Waals surface area (Å²) in [4.78, 5) is 6.86. The molecule has 1 aromatic carbocycles. The molecule has 0 radical (unpaired) electrons. The van der Waals surface area contributed by atoms with E-state index in [-0.39, 0.29) is 5.54 Å². The van der Waals surface area contributed by atoms with Crippen molar-refractivity contribution in [1.82, 2.24) is 4.98 Å². The lowest BCUT2D eigenvalue weighted by molar-refractivity contribution is 0.566. The molecule has 0 aliphatic carbocycles. The average molecular weight is 278 g/mol. The summed E-state index contributed by atoms with van der Waals surface area (Å²) in [6, 6.07) is 8.58. The number of nitrogens with zero attached hydrogens (tertiary/aromatic N) is 1. The second-order valence-electron chi connectivity index (χ2n) is 4.94. The summed E-state index contributed by atoms with van der Waals surface area (Å²) in [5.74, 6) is 0.907. The minimum Gasteiger partial charge on any atom is -0.321 e. The van der Waals surface area contributed by atoms with Gasteiger partial charge in [-0.15, -0.1) is 23.1 Å². The van der Waals surface area contributed by atoms with E-state index < -0.39 is 0 Å². The van der Waals surface area contributed by atoms with E-state index in [9.17, 15) is 0 Å². The molecule has 0 fully saturated rings. The van der Waals surface area contributed by atoms with Crippen LogP contribution in [0.15, 0.2) is 35.4 Å². The molecule has 0 saturated carbocycles. The summed E-state index contributed by atoms with van der Waals surface area (Å²) < 4.78 is 0. The van der Waals surface area contributed by atoms with Crippen molar-refractivity contribution < 1.29 is 0 Å². The Labute approximate surface area is 117 Å². The molecule has 0 aliphatic rings. The van der Waals surface area contributed by atoms with Gasteiger partial charge in [0.25, 0.3) is 0 Å². The summed E-state index contributed by atoms with van der Waals surface area (Å²) >= 11 is 3.52. The number of hydrogen-bond acceptors (Lipinski definition) is 4. The smallest absolute Gasteiger partial charge is 0.103 e. The first-order chi connectivity index (χ1) is 8.45. The van der Waals surface area contributed by atoms with Crippen LogP contribution in [0, 0.1) is 6.92 Å². The fourth-order valence-corrected chi connectivity index (χ4v) is 3.29. The summed E-state index contributed by atoms with van der Waals surface area (Å²) in [6.07, 6.45) is 1.90. The fraction of sp³-hybridized carbons (Fsp3) is 0.357. The van der Waals surface area contributed by atoms with Gasteiger partial charge >= 0.3 is 0 Å². The van der Waals surface area contributed by atoms with E-state index in [0.717, 1.165) is 15.6 Å². The van der Waals surface area contributed by atoms with Crippen LogP contribution in [0.25, 0.3) is 0 Å². The molecule has 2 aromatic rings. The average Bonchev–Trinajstić information content (AvgIpc) is 2.77. The molecule has 4 heteroatoms. The van der Waals surface area contributed by atoms with Crippen LogP contribution in [-0.2, 0) is 11.3 Å². The Kier molecular flexibility index (Phi) is 4.10. The Morgan fingerprint density at radius 2 is 1.94 bits per heavy atom. The molecular weight excluding hydrogens is 260 g/mol. The number of thioether (sulfide) groups is 1. The number of thiazole rings is 1. The van der Waals surface area contributed by atoms with Crippen LogP contribution in [0.3, 0.4) is 0 Å². The number of nitrogens with two attached hydrogens (primary N) is 1. The monoisotopic (exact) mass is 278 g/mol. The molecule has 1 aromatic heterocycles. The third-order valence-electron chi connectivity index (χ3n) is 2.57. The van der Waals surface area contributed by atoms with Gasteiger partial charge in [-0.3, -0.25) is 0 Å². The molecular formula is C14H18N2S2. The lowest BCUT2D eigenvalue weighted by Crippen LogP contribution is -2.27. The van der Waals surface area contributed by atoms with Gasteiger partial charge in [0.15, 0.2) is 0 Å². The summed E-state index contributed by atoms with van der Waals surface area (Å²) in [5.41, 5.74) is 7.06. The van der Waals surface area contributed by atoms with Crippen molar-refractivity contribution >= 4 is 23.1 Å². The van der Waals surface area contributed by atoms with Gasteiger partial charge < -0.3 is 5.73 Å². The number of aryl methyl sites for hydroxylation is 1. The van der Waals surface area contributed by atoms with Gasteiger partial charge in [0.2, 0.25) is 0 Å². The van der Waals surface area contributed by atoms with E-state index >= 15 is 0 Å². The van der Waals surface area contributed by atoms with E-state index in [1.165, 1.54) is 10.5 Å². The summed E-state index contributed by atoms with van der Waals surface area (Å²) in [5, 5.41) is 1.13. The molecule has 0 aliphatic heterocycles. The van der Waals surface area contributed by atoms with Crippen LogP contribution in [-0.4, -0.2) is 4.98 Å². The summed E-state index contributed by atoms with van der Waals surface area (Å²) in [6.45, 7) is 6.12. The Hall–Kier alpha value is -0.840. The van der Waals surface area contributed by atoms with Gasteiger partial charge in [-0.2, -0.15) is 0 Å². The lowest BCUT2D eigenvalue weighted by Gasteiger charge is -2.14. The third kappa shape index (κ3) is 3.57. The minimum absolute atomic E-state index is 0.287. The fourth-order valence-electron chi connectivity index (χ4n) is 1.45. The quantitative estimate of drug-likeness (QED) is 0.861. The second-order valence-corrected chi connectivity index (χ2v) is 7.11. The highest BCUT2D eigenvalue weighted by atomic mass is 32.2. The maximum Gasteiger partial charge on any atom is 0.103 e. The van der Waals surface area contributed by atoms with Crippen molar-refractivity contribution in [3.05, 3.63) is 45.9 Å². The van der Waals surface area contributed by atoms with Crippen molar-refractivity contribution in [2.75, 3.05) is 0 Å². The van der Waals surface area contributed by atoms with Crippen LogP contribution in [0.1, 0.15) is 29.3 Å². The van der Waals surface area contributed by atoms with Gasteiger partial charge in [0.05, 0.1) is 5.75 Å². The standard InChI is InChI=1S/C14H18N2S2/c1-10-4-6-11(7-5-10)17-9-13-16-8-12(18-13)14(2,3)15/h4-8H,9,15H2,1-3H3. The van der Waals surface area contributed by atoms with Gasteiger partial charge in [0, 0.05) is 21.5 Å². The van der Waals surface area contributed by atoms with Crippen LogP contribution < -0.4 is 5.73 Å². The van der Waals surface area contributed by atoms with Crippen LogP contribution in [0.4, 0.5) is 0 Å². The van der Waals surface area contributed by atoms with Crippen molar-refractivity contribution in [3.63, 3.8) is 0 Å². The Bertz CT molecular complexity index is 509. The van der Waals surface area contributed by atoms with Gasteiger partial charge in [0.1, 0.15) is 5.01 Å². The molecule has 0 amide bonds. The van der Waals surface area contributed by atoms with Gasteiger partial charge in [-0.05, 0) is 32.9 Å². The largest absolute Gasteiger partial charge is 0.321 e. The van der Waals surface area contributed by atoms with Crippen molar-refractivity contribution in [2.24, 2.45) is 5.73 Å². The number of benzene rings is 1. The number of aromatic nitrogens is 1. The maximum atomic E-state index is 6.06. The summed E-state index contributed by atoms with van der Waals surface area (Å²) in [7, 11) is 0. The zero-order valence-electron chi connectivity index (χ0n) is 10.9. The van der Waals surface area contributed by atoms with Crippen molar-refractivity contribution in [1.29, 1.82) is 0 Å². The predicted molar refractivity (Wildman–Crippen MR) is 80.1 cm³/mol. The van der Waals surface area contributed by atoms with Crippen molar-refractivity contribution in [3.8, 4) is 0 Å². The topological polar surface area (TPSA) is 38.9 Å². The first-order valence-corrected chi connectivity index (χ1v) is 7.69. The molecule has 0 saturated heterocycles. The van der Waals surface area contributed by atoms with Crippen LogP contribution >= 0.6 is 23.1 Å². The van der Waals surface area contributed by atoms with Crippen molar-refractivity contribution in [2.45, 2.75) is 37.0 Å². The highest BCUT2D eigenvalue weighted by Crippen LogP contribution is 2.28. The van der Waals surface area contributed by atoms with E-state index in [1.807, 2.05) is 31.8 Å². The van der Waals surface area contributed by atoms with Crippen LogP contribution in [0.5, 0.6) is 0 Å². The normalized spacial score (nSPS) is 11.8. The molecule has 0 unspecified atom stereocenters. The Balaban J connectivity index is 1.98. The zero-order valence-corrected chi connectivity index (χ0v) is 12.6. The van der Waals surface area contributed by atoms with E-state index in [4.69, 9.17) is 5.73 Å². The van der Waals surface area contributed by atoms with Gasteiger partial charge in [-0.25, -0.2) is 4.98 Å². The van der Waals surface area contributed by atoms with Gasteiger partial charge in [-0.1, -0.05) is 17.7 Å². The molecule has 2 rings (SSSR count). The zero-order chi connectivity index (χ0) is 13.2. The minimum atomic E-state index is -0.287. The molecule has 0 spiro atoms. The molecule has 18 heavy (non-hydrogen) atoms. The molecule has 0 bridgehead atoms. The van der Waals surface area contributed by atoms with E-state index in [1.54, 1.807) is 11.3 Å². The SMILES string of the molecule is Cc1ccc(SCc2ncc(C(C)(C)N)s2)cc1. The highest BCUT2D eigenvalue weighted by Gasteiger charge is 2.17. The first-order valence-electron chi connectivity index (χ1n) is 5.89. The Morgan fingerprint density at radius 3 is 2.50 bits per heavy atom. The molecule has 2 N–H and O–H groups in total. The van der Waals surface area contributed by atoms with E-state index in [0.29, 0.717) is 0 Å². The van der Waals surface area contributed by atoms with E-state index in [2.05, 4.69) is 36.2 Å². The van der Waals surface area contributed by atoms with Crippen LogP contribution in [0.2, 0.25) is 0 Å². The Morgan fingerprint density at radius 1 is 1.28 bits per heavy atom. The molecule has 2 nitrogen and oxygen atoms in total. The second kappa shape index (κ2) is 5.43. The lowest BCUT2D eigenvalue weighted by atomic mass is 10.1. The predicted octanol–water partition coefficient (Wildman–Crippen LogP) is 3.94. The molecule has 96 valence electrons. The maximum absolute atomic E-state index is 6.06. The molecule has 0 atom stereocenters. The number of hydrogen-bond donors (Lipinski definition) is 1. The third-order valence-corrected chi connectivity index (χ3v) is 5.11. The number of rotatable bonds is 4. The highest BCUT2D eigenvalue weighted by molar-refractivity contribution is 7.98. The molecule has 1 heterocycles. The first kappa shape index (κ1) is 13.6.